The summed E-state index contributed by atoms with van der Waals surface area (Å²) in [5, 5.41) is 3.38. The number of hydrogen-bond acceptors (Lipinski definition) is 3. The van der Waals surface area contributed by atoms with E-state index in [-0.39, 0.29) is 23.7 Å². The zero-order chi connectivity index (χ0) is 15.3. The summed E-state index contributed by atoms with van der Waals surface area (Å²) < 4.78 is 18.9. The Bertz CT molecular complexity index is 593. The molecule has 3 nitrogen and oxygen atoms in total. The first-order valence-electron chi connectivity index (χ1n) is 7.01. The first-order chi connectivity index (χ1) is 9.94. The van der Waals surface area contributed by atoms with E-state index >= 15 is 0 Å². The van der Waals surface area contributed by atoms with Crippen LogP contribution in [0, 0.1) is 5.82 Å². The van der Waals surface area contributed by atoms with Gasteiger partial charge in [-0.05, 0) is 45.0 Å². The molecule has 0 aliphatic rings. The van der Waals surface area contributed by atoms with Crippen LogP contribution in [-0.2, 0) is 13.2 Å². The van der Waals surface area contributed by atoms with Gasteiger partial charge in [0.1, 0.15) is 6.61 Å². The normalized spacial score (nSPS) is 11.4. The number of nitrogens with zero attached hydrogens (tertiary/aromatic N) is 1. The van der Waals surface area contributed by atoms with Crippen LogP contribution in [0.15, 0.2) is 42.5 Å². The molecule has 0 fully saturated rings. The molecule has 0 aliphatic heterocycles. The van der Waals surface area contributed by atoms with Crippen molar-refractivity contribution in [3.05, 3.63) is 59.7 Å². The molecule has 4 heteroatoms. The molecule has 0 saturated carbocycles. The van der Waals surface area contributed by atoms with E-state index in [1.807, 2.05) is 18.2 Å². The summed E-state index contributed by atoms with van der Waals surface area (Å²) in [6, 6.07) is 12.2. The lowest BCUT2D eigenvalue weighted by molar-refractivity contribution is 0.285. The van der Waals surface area contributed by atoms with Crippen molar-refractivity contribution in [1.29, 1.82) is 0 Å². The fourth-order valence-corrected chi connectivity index (χ4v) is 1.78. The van der Waals surface area contributed by atoms with Gasteiger partial charge in [0.05, 0.1) is 11.4 Å². The molecule has 0 spiro atoms. The van der Waals surface area contributed by atoms with E-state index in [4.69, 9.17) is 4.74 Å². The van der Waals surface area contributed by atoms with E-state index in [1.54, 1.807) is 18.2 Å². The van der Waals surface area contributed by atoms with Gasteiger partial charge in [0.15, 0.2) is 11.6 Å². The molecular weight excluding hydrogens is 267 g/mol. The highest BCUT2D eigenvalue weighted by molar-refractivity contribution is 5.24. The van der Waals surface area contributed by atoms with Gasteiger partial charge >= 0.3 is 0 Å². The van der Waals surface area contributed by atoms with Gasteiger partial charge in [0, 0.05) is 12.1 Å². The van der Waals surface area contributed by atoms with Crippen LogP contribution in [0.4, 0.5) is 4.39 Å². The highest BCUT2D eigenvalue weighted by Gasteiger charge is 2.09. The average molecular weight is 288 g/mol. The Balaban J connectivity index is 1.96. The van der Waals surface area contributed by atoms with Crippen molar-refractivity contribution in [2.24, 2.45) is 0 Å². The summed E-state index contributed by atoms with van der Waals surface area (Å²) in [4.78, 5) is 4.51. The molecule has 1 heterocycles. The Labute approximate surface area is 125 Å². The minimum Gasteiger partial charge on any atom is -0.484 e. The number of aromatic nitrogens is 1. The minimum absolute atomic E-state index is 0.0430. The minimum atomic E-state index is -0.358. The molecule has 21 heavy (non-hydrogen) atoms. The number of hydrogen-bond donors (Lipinski definition) is 1. The van der Waals surface area contributed by atoms with Crippen molar-refractivity contribution in [3.63, 3.8) is 0 Å². The number of ether oxygens (including phenoxy) is 1. The Morgan fingerprint density at radius 2 is 1.76 bits per heavy atom. The predicted molar refractivity (Wildman–Crippen MR) is 81.6 cm³/mol. The molecule has 0 bridgehead atoms. The van der Waals surface area contributed by atoms with Crippen LogP contribution in [0.1, 0.15) is 32.2 Å². The van der Waals surface area contributed by atoms with Crippen LogP contribution in [-0.4, -0.2) is 10.5 Å². The molecule has 2 aromatic rings. The van der Waals surface area contributed by atoms with Crippen molar-refractivity contribution in [3.8, 4) is 5.75 Å². The molecule has 1 aromatic heterocycles. The molecule has 1 aromatic carbocycles. The first-order valence-corrected chi connectivity index (χ1v) is 7.01. The average Bonchev–Trinajstić information content (AvgIpc) is 2.44. The second-order valence-corrected chi connectivity index (χ2v) is 5.94. The van der Waals surface area contributed by atoms with E-state index in [2.05, 4.69) is 31.1 Å². The highest BCUT2D eigenvalue weighted by atomic mass is 19.1. The molecule has 1 N–H and O–H groups in total. The molecule has 0 radical (unpaired) electrons. The fraction of sp³-hybridized carbons (Fsp3) is 0.353. The SMILES string of the molecule is CC(C)(C)NCc1cccc(COc2ccccc2F)n1. The molecular formula is C17H21FN2O. The number of halogens is 1. The molecule has 112 valence electrons. The quantitative estimate of drug-likeness (QED) is 0.911. The summed E-state index contributed by atoms with van der Waals surface area (Å²) in [5.41, 5.74) is 1.77. The van der Waals surface area contributed by atoms with Crippen LogP contribution in [0.3, 0.4) is 0 Å². The number of benzene rings is 1. The monoisotopic (exact) mass is 288 g/mol. The predicted octanol–water partition coefficient (Wildman–Crippen LogP) is 3.69. The smallest absolute Gasteiger partial charge is 0.165 e. The van der Waals surface area contributed by atoms with Crippen LogP contribution in [0.25, 0.3) is 0 Å². The number of nitrogens with one attached hydrogen (secondary N) is 1. The zero-order valence-corrected chi connectivity index (χ0v) is 12.7. The molecule has 0 saturated heterocycles. The van der Waals surface area contributed by atoms with Gasteiger partial charge in [0.25, 0.3) is 0 Å². The van der Waals surface area contributed by atoms with Gasteiger partial charge in [-0.25, -0.2) is 4.39 Å². The summed E-state index contributed by atoms with van der Waals surface area (Å²) in [6.07, 6.45) is 0. The van der Waals surface area contributed by atoms with Crippen LogP contribution in [0.5, 0.6) is 5.75 Å². The number of pyridine rings is 1. The second kappa shape index (κ2) is 6.68. The van der Waals surface area contributed by atoms with Gasteiger partial charge < -0.3 is 10.1 Å². The van der Waals surface area contributed by atoms with Gasteiger partial charge in [-0.1, -0.05) is 18.2 Å². The van der Waals surface area contributed by atoms with Crippen molar-refractivity contribution in [2.45, 2.75) is 39.5 Å². The van der Waals surface area contributed by atoms with Gasteiger partial charge in [-0.3, -0.25) is 4.98 Å². The van der Waals surface area contributed by atoms with Gasteiger partial charge in [-0.15, -0.1) is 0 Å². The van der Waals surface area contributed by atoms with Crippen LogP contribution >= 0.6 is 0 Å². The Kier molecular flexibility index (Phi) is 4.91. The van der Waals surface area contributed by atoms with E-state index < -0.39 is 0 Å². The lowest BCUT2D eigenvalue weighted by atomic mass is 10.1. The van der Waals surface area contributed by atoms with Crippen molar-refractivity contribution < 1.29 is 9.13 Å². The van der Waals surface area contributed by atoms with Crippen molar-refractivity contribution >= 4 is 0 Å². The summed E-state index contributed by atoms with van der Waals surface area (Å²) in [5.74, 6) is -0.111. The van der Waals surface area contributed by atoms with Crippen molar-refractivity contribution in [2.75, 3.05) is 0 Å². The third-order valence-electron chi connectivity index (χ3n) is 2.88. The Morgan fingerprint density at radius 3 is 2.48 bits per heavy atom. The van der Waals surface area contributed by atoms with E-state index in [0.29, 0.717) is 6.54 Å². The summed E-state index contributed by atoms with van der Waals surface area (Å²) in [7, 11) is 0. The first kappa shape index (κ1) is 15.4. The van der Waals surface area contributed by atoms with Gasteiger partial charge in [-0.2, -0.15) is 0 Å². The molecule has 0 amide bonds. The maximum absolute atomic E-state index is 13.5. The summed E-state index contributed by atoms with van der Waals surface area (Å²) in [6.45, 7) is 7.27. The lowest BCUT2D eigenvalue weighted by Crippen LogP contribution is -2.35. The lowest BCUT2D eigenvalue weighted by Gasteiger charge is -2.20. The maximum Gasteiger partial charge on any atom is 0.165 e. The fourth-order valence-electron chi connectivity index (χ4n) is 1.78. The molecule has 0 unspecified atom stereocenters. The van der Waals surface area contributed by atoms with E-state index in [9.17, 15) is 4.39 Å². The summed E-state index contributed by atoms with van der Waals surface area (Å²) >= 11 is 0. The highest BCUT2D eigenvalue weighted by Crippen LogP contribution is 2.16. The van der Waals surface area contributed by atoms with Crippen LogP contribution in [0.2, 0.25) is 0 Å². The molecule has 2 rings (SSSR count). The van der Waals surface area contributed by atoms with Crippen molar-refractivity contribution in [1.82, 2.24) is 10.3 Å². The zero-order valence-electron chi connectivity index (χ0n) is 12.7. The standard InChI is InChI=1S/C17H21FN2O/c1-17(2,3)19-11-13-7-6-8-14(20-13)12-21-16-10-5-4-9-15(16)18/h4-10,19H,11-12H2,1-3H3. The van der Waals surface area contributed by atoms with E-state index in [0.717, 1.165) is 11.4 Å². The Morgan fingerprint density at radius 1 is 1.05 bits per heavy atom. The third-order valence-corrected chi connectivity index (χ3v) is 2.88. The van der Waals surface area contributed by atoms with E-state index in [1.165, 1.54) is 6.07 Å². The van der Waals surface area contributed by atoms with Gasteiger partial charge in [0.2, 0.25) is 0 Å². The number of rotatable bonds is 5. The second-order valence-electron chi connectivity index (χ2n) is 5.94. The largest absolute Gasteiger partial charge is 0.484 e. The topological polar surface area (TPSA) is 34.1 Å². The molecule has 0 aliphatic carbocycles. The maximum atomic E-state index is 13.5. The Hall–Kier alpha value is -1.94. The molecule has 0 atom stereocenters. The van der Waals surface area contributed by atoms with Crippen LogP contribution < -0.4 is 10.1 Å². The third kappa shape index (κ3) is 5.16. The number of para-hydroxylation sites is 1.